The predicted octanol–water partition coefficient (Wildman–Crippen LogP) is 3.92. The van der Waals surface area contributed by atoms with Crippen LogP contribution in [0.25, 0.3) is 0 Å². The Morgan fingerprint density at radius 2 is 1.26 bits per heavy atom. The van der Waals surface area contributed by atoms with Crippen LogP contribution in [0.3, 0.4) is 0 Å². The minimum absolute atomic E-state index is 0.0139. The van der Waals surface area contributed by atoms with Gasteiger partial charge in [-0.05, 0) is 87.0 Å². The van der Waals surface area contributed by atoms with Crippen LogP contribution in [-0.2, 0) is 46.4 Å². The van der Waals surface area contributed by atoms with Crippen molar-refractivity contribution in [3.63, 3.8) is 0 Å². The van der Waals surface area contributed by atoms with Crippen LogP contribution in [0.5, 0.6) is 0 Å². The Labute approximate surface area is 418 Å². The van der Waals surface area contributed by atoms with Gasteiger partial charge in [-0.1, -0.05) is 76.5 Å². The summed E-state index contributed by atoms with van der Waals surface area (Å²) in [6.45, 7) is 12.5. The van der Waals surface area contributed by atoms with Gasteiger partial charge in [0.2, 0.25) is 5.91 Å². The molecule has 0 radical (unpaired) electrons. The number of hydrogen-bond acceptors (Lipinski definition) is 13. The summed E-state index contributed by atoms with van der Waals surface area (Å²) >= 11 is 5.75. The lowest BCUT2D eigenvalue weighted by Crippen LogP contribution is -2.49. The van der Waals surface area contributed by atoms with Crippen molar-refractivity contribution in [2.45, 2.75) is 136 Å². The van der Waals surface area contributed by atoms with Gasteiger partial charge in [0.1, 0.15) is 11.8 Å². The van der Waals surface area contributed by atoms with Crippen molar-refractivity contribution in [1.29, 1.82) is 0 Å². The van der Waals surface area contributed by atoms with E-state index in [-0.39, 0.29) is 70.6 Å². The number of Topliss-reactive ketones (excluding diaryl/α,β-unsaturated/α-hetero) is 1. The van der Waals surface area contributed by atoms with E-state index in [4.69, 9.17) is 22.4 Å². The van der Waals surface area contributed by atoms with E-state index in [9.17, 15) is 53.7 Å². The first kappa shape index (κ1) is 62.9. The Balaban J connectivity index is 2.61. The number of aliphatic carboxylic acids is 5. The molecule has 1 unspecified atom stereocenters. The normalized spacial score (nSPS) is 12.6. The van der Waals surface area contributed by atoms with Crippen LogP contribution in [-0.4, -0.2) is 183 Å². The van der Waals surface area contributed by atoms with Gasteiger partial charge in [-0.3, -0.25) is 33.7 Å². The van der Waals surface area contributed by atoms with Gasteiger partial charge in [0, 0.05) is 89.9 Å². The maximum Gasteiger partial charge on any atom is 0.326 e. The van der Waals surface area contributed by atoms with Crippen LogP contribution in [0.1, 0.15) is 122 Å². The molecular weight excluding hydrogens is 927 g/mol. The van der Waals surface area contributed by atoms with Gasteiger partial charge in [0.15, 0.2) is 0 Å². The maximum absolute atomic E-state index is 13.0. The van der Waals surface area contributed by atoms with Gasteiger partial charge >= 0.3 is 35.9 Å². The zero-order valence-corrected chi connectivity index (χ0v) is 42.4. The largest absolute Gasteiger partial charge is 0.481 e. The van der Waals surface area contributed by atoms with Gasteiger partial charge < -0.3 is 56.6 Å². The van der Waals surface area contributed by atoms with Crippen molar-refractivity contribution >= 4 is 64.7 Å². The Morgan fingerprint density at radius 3 is 1.87 bits per heavy atom. The van der Waals surface area contributed by atoms with Gasteiger partial charge in [-0.15, -0.1) is 0 Å². The van der Waals surface area contributed by atoms with E-state index >= 15 is 0 Å². The summed E-state index contributed by atoms with van der Waals surface area (Å²) in [5, 5.41) is 56.5. The average molecular weight is 1010 g/mol. The number of rotatable bonds is 44. The molecule has 70 heavy (non-hydrogen) atoms. The number of urea groups is 1. The third kappa shape index (κ3) is 31.2. The topological polar surface area (TPSA) is 296 Å². The lowest BCUT2D eigenvalue weighted by molar-refractivity contribution is -0.140. The van der Waals surface area contributed by atoms with E-state index in [0.29, 0.717) is 45.4 Å². The van der Waals surface area contributed by atoms with Gasteiger partial charge in [0.25, 0.3) is 0 Å². The summed E-state index contributed by atoms with van der Waals surface area (Å²) in [4.78, 5) is 102. The van der Waals surface area contributed by atoms with Gasteiger partial charge in [-0.25, -0.2) is 9.59 Å². The first-order chi connectivity index (χ1) is 33.4. The van der Waals surface area contributed by atoms with Crippen molar-refractivity contribution in [2.75, 3.05) is 78.5 Å². The molecule has 0 aliphatic heterocycles. The number of carbonyl (C=O) groups excluding carboxylic acids is 3. The summed E-state index contributed by atoms with van der Waals surface area (Å²) in [6.07, 6.45) is 6.09. The van der Waals surface area contributed by atoms with Gasteiger partial charge in [-0.2, -0.15) is 0 Å². The molecule has 0 spiro atoms. The fraction of sp³-hybridized carbons (Fsp3) is 0.694. The number of thiocarbonyl (C=S) groups is 1. The second-order valence-electron chi connectivity index (χ2n) is 17.7. The number of hydrogen-bond donors (Lipinski definition) is 9. The maximum atomic E-state index is 13.0. The molecule has 0 aliphatic carbocycles. The monoisotopic (exact) mass is 1010 g/mol. The third-order valence-corrected chi connectivity index (χ3v) is 12.2. The van der Waals surface area contributed by atoms with Crippen LogP contribution < -0.4 is 21.3 Å². The highest BCUT2D eigenvalue weighted by Gasteiger charge is 2.26. The second-order valence-corrected chi connectivity index (χ2v) is 18.2. The summed E-state index contributed by atoms with van der Waals surface area (Å²) in [5.74, 6) is -7.07. The molecule has 0 saturated carbocycles. The summed E-state index contributed by atoms with van der Waals surface area (Å²) in [7, 11) is 0. The summed E-state index contributed by atoms with van der Waals surface area (Å²) in [6, 6.07) is 6.17. The Morgan fingerprint density at radius 1 is 0.629 bits per heavy atom. The Bertz CT molecular complexity index is 1770. The Hall–Kier alpha value is -5.09. The fourth-order valence-electron chi connectivity index (χ4n) is 7.91. The van der Waals surface area contributed by atoms with E-state index in [1.54, 1.807) is 0 Å². The Kier molecular flexibility index (Phi) is 33.9. The molecule has 0 saturated heterocycles. The smallest absolute Gasteiger partial charge is 0.326 e. The zero-order chi connectivity index (χ0) is 52.3. The number of carbonyl (C=O) groups is 8. The van der Waals surface area contributed by atoms with E-state index in [1.165, 1.54) is 0 Å². The highest BCUT2D eigenvalue weighted by molar-refractivity contribution is 7.80. The molecule has 1 rings (SSSR count). The standard InChI is InChI=1S/C49H81N7O13S/c1-4-26-56(35-46(64)65)39(34-55(6-3)29-28-54(5-2)27-25-50-33-45(62)63)30-36-15-17-37(18-16-36)31-41(70)13-10-8-7-9-11-23-51-47(66)38(19-22-44(60)61)32-40(57)20-21-42(48(67)68)53-49(69)52-24-12-14-43(58)59/h15-18,38-39,42,50H,4-14,19-35H2,1-3H3,(H,51,66)(H,58,59)(H,60,61)(H,62,63)(H,64,65)(H,67,68)(H2,52,53,69)/t38-,39?,42+/m1/s1. The zero-order valence-electron chi connectivity index (χ0n) is 41.6. The molecular formula is C49H81N7O13S. The van der Waals surface area contributed by atoms with Crippen LogP contribution in [0.2, 0.25) is 0 Å². The number of benzene rings is 1. The first-order valence-electron chi connectivity index (χ1n) is 24.8. The number of ketones is 1. The van der Waals surface area contributed by atoms with Gasteiger partial charge in [0.05, 0.1) is 13.1 Å². The first-order valence-corrected chi connectivity index (χ1v) is 25.2. The number of nitrogens with one attached hydrogen (secondary N) is 4. The molecule has 0 bridgehead atoms. The number of carboxylic acid groups (broad SMARTS) is 5. The van der Waals surface area contributed by atoms with E-state index in [2.05, 4.69) is 81.0 Å². The van der Waals surface area contributed by atoms with Crippen LogP contribution in [0.15, 0.2) is 24.3 Å². The minimum atomic E-state index is -1.40. The number of unbranched alkanes of at least 4 members (excludes halogenated alkanes) is 4. The molecule has 0 aliphatic rings. The highest BCUT2D eigenvalue weighted by atomic mass is 32.1. The molecule has 9 N–H and O–H groups in total. The van der Waals surface area contributed by atoms with Crippen LogP contribution in [0.4, 0.5) is 4.79 Å². The third-order valence-electron chi connectivity index (χ3n) is 11.9. The summed E-state index contributed by atoms with van der Waals surface area (Å²) < 4.78 is 0. The number of amides is 3. The minimum Gasteiger partial charge on any atom is -0.481 e. The average Bonchev–Trinajstić information content (AvgIpc) is 3.30. The molecule has 1 aromatic rings. The number of likely N-dealkylation sites (N-methyl/N-ethyl adjacent to an activating group) is 2. The van der Waals surface area contributed by atoms with Crippen molar-refractivity contribution in [2.24, 2.45) is 5.92 Å². The SMILES string of the molecule is CCCN(CC(=O)O)C(Cc1ccc(CC(=S)CCCCCCCNC(=O)[C@H](CCC(=O)O)CC(=O)CC[C@H](NC(=O)NCCCC(=O)O)C(=O)O)cc1)CN(CC)CCN(CC)CCNCC(=O)O. The quantitative estimate of drug-likeness (QED) is 0.0331. The fourth-order valence-corrected chi connectivity index (χ4v) is 8.22. The van der Waals surface area contributed by atoms with Crippen molar-refractivity contribution in [1.82, 2.24) is 36.0 Å². The molecule has 0 heterocycles. The molecule has 21 heteroatoms. The highest BCUT2D eigenvalue weighted by Crippen LogP contribution is 2.18. The van der Waals surface area contributed by atoms with Crippen LogP contribution >= 0.6 is 12.2 Å². The molecule has 3 amide bonds. The molecule has 0 aromatic heterocycles. The summed E-state index contributed by atoms with van der Waals surface area (Å²) in [5.41, 5.74) is 2.23. The predicted molar refractivity (Wildman–Crippen MR) is 269 cm³/mol. The molecule has 1 aromatic carbocycles. The van der Waals surface area contributed by atoms with E-state index in [0.717, 1.165) is 87.2 Å². The molecule has 396 valence electrons. The van der Waals surface area contributed by atoms with Crippen molar-refractivity contribution < 1.29 is 63.9 Å². The second kappa shape index (κ2) is 37.7. The van der Waals surface area contributed by atoms with Crippen molar-refractivity contribution in [3.05, 3.63) is 35.4 Å². The lowest BCUT2D eigenvalue weighted by Gasteiger charge is -2.35. The molecule has 20 nitrogen and oxygen atoms in total. The molecule has 3 atom stereocenters. The van der Waals surface area contributed by atoms with Crippen molar-refractivity contribution in [3.8, 4) is 0 Å². The van der Waals surface area contributed by atoms with E-state index < -0.39 is 59.5 Å². The number of nitrogens with zero attached hydrogens (tertiary/aromatic N) is 3. The van der Waals surface area contributed by atoms with E-state index in [1.807, 2.05) is 0 Å². The molecule has 0 fully saturated rings. The van der Waals surface area contributed by atoms with Crippen LogP contribution in [0, 0.1) is 5.92 Å². The lowest BCUT2D eigenvalue weighted by atomic mass is 9.93. The number of carboxylic acids is 5.